The normalized spacial score (nSPS) is 25.2. The van der Waals surface area contributed by atoms with Crippen LogP contribution in [0.2, 0.25) is 0 Å². The first kappa shape index (κ1) is 14.1. The maximum atomic E-state index is 12.8. The number of piperidine rings is 1. The Bertz CT molecular complexity index is 555. The van der Waals surface area contributed by atoms with Crippen LogP contribution in [0.25, 0.3) is 0 Å². The van der Waals surface area contributed by atoms with E-state index >= 15 is 0 Å². The number of carbonyl (C=O) groups excluding carboxylic acids is 1. The molecule has 1 fully saturated rings. The van der Waals surface area contributed by atoms with Crippen molar-refractivity contribution in [2.45, 2.75) is 38.0 Å². The van der Waals surface area contributed by atoms with Gasteiger partial charge in [-0.05, 0) is 43.2 Å². The van der Waals surface area contributed by atoms with Crippen LogP contribution in [0.4, 0.5) is 0 Å². The molecule has 0 saturated carbocycles. The topological polar surface area (TPSA) is 57.6 Å². The molecule has 2 aliphatic rings. The number of aryl methyl sites for hydroxylation is 1. The minimum absolute atomic E-state index is 0.0810. The van der Waals surface area contributed by atoms with Crippen LogP contribution in [0.15, 0.2) is 24.3 Å². The molecule has 1 aliphatic heterocycles. The van der Waals surface area contributed by atoms with E-state index in [-0.39, 0.29) is 11.8 Å². The molecule has 0 unspecified atom stereocenters. The Labute approximate surface area is 124 Å². The molecule has 1 N–H and O–H groups in total. The van der Waals surface area contributed by atoms with Crippen molar-refractivity contribution < 1.29 is 14.7 Å². The number of aliphatic carboxylic acids is 1. The lowest BCUT2D eigenvalue weighted by Crippen LogP contribution is -2.44. The van der Waals surface area contributed by atoms with Crippen molar-refractivity contribution in [1.29, 1.82) is 0 Å². The van der Waals surface area contributed by atoms with Gasteiger partial charge in [0.15, 0.2) is 0 Å². The fourth-order valence-corrected chi connectivity index (χ4v) is 3.61. The molecule has 1 saturated heterocycles. The van der Waals surface area contributed by atoms with Gasteiger partial charge in [0.25, 0.3) is 0 Å². The summed E-state index contributed by atoms with van der Waals surface area (Å²) in [7, 11) is 0. The van der Waals surface area contributed by atoms with Crippen LogP contribution in [0.1, 0.15) is 42.7 Å². The van der Waals surface area contributed by atoms with Crippen molar-refractivity contribution >= 4 is 11.9 Å². The third-order valence-corrected chi connectivity index (χ3v) is 4.75. The molecule has 1 amide bonds. The van der Waals surface area contributed by atoms with E-state index in [1.165, 1.54) is 5.56 Å². The highest BCUT2D eigenvalue weighted by Crippen LogP contribution is 2.33. The summed E-state index contributed by atoms with van der Waals surface area (Å²) in [5, 5.41) is 9.17. The summed E-state index contributed by atoms with van der Waals surface area (Å²) in [6, 6.07) is 8.16. The lowest BCUT2D eigenvalue weighted by molar-refractivity contribution is -0.146. The molecule has 1 aliphatic carbocycles. The van der Waals surface area contributed by atoms with Crippen molar-refractivity contribution in [3.8, 4) is 0 Å². The van der Waals surface area contributed by atoms with Crippen LogP contribution >= 0.6 is 0 Å². The second kappa shape index (κ2) is 5.88. The molecule has 0 bridgehead atoms. The molecule has 1 aromatic carbocycles. The zero-order chi connectivity index (χ0) is 14.8. The van der Waals surface area contributed by atoms with Crippen molar-refractivity contribution in [3.05, 3.63) is 35.4 Å². The van der Waals surface area contributed by atoms with E-state index in [0.29, 0.717) is 19.5 Å². The SMILES string of the molecule is O=C(O)[C@@H]1CCCN(C(=O)[C@@H]2CCCc3ccccc32)C1. The molecule has 112 valence electrons. The standard InChI is InChI=1S/C17H21NO3/c19-16(18-10-4-7-13(11-18)17(20)21)15-9-3-6-12-5-1-2-8-14(12)15/h1-2,5,8,13,15H,3-4,6-7,9-11H2,(H,20,21)/t13-,15-/m1/s1. The molecule has 0 spiro atoms. The van der Waals surface area contributed by atoms with Crippen LogP contribution < -0.4 is 0 Å². The number of likely N-dealkylation sites (tertiary alicyclic amines) is 1. The molecule has 1 aromatic rings. The highest BCUT2D eigenvalue weighted by Gasteiger charge is 2.34. The van der Waals surface area contributed by atoms with Gasteiger partial charge in [-0.1, -0.05) is 24.3 Å². The number of hydrogen-bond acceptors (Lipinski definition) is 2. The second-order valence-electron chi connectivity index (χ2n) is 6.11. The Morgan fingerprint density at radius 1 is 1.14 bits per heavy atom. The number of fused-ring (bicyclic) bond motifs is 1. The first-order chi connectivity index (χ1) is 10.2. The highest BCUT2D eigenvalue weighted by atomic mass is 16.4. The van der Waals surface area contributed by atoms with Crippen molar-refractivity contribution in [2.75, 3.05) is 13.1 Å². The van der Waals surface area contributed by atoms with Gasteiger partial charge in [-0.2, -0.15) is 0 Å². The van der Waals surface area contributed by atoms with Crippen LogP contribution in [0.5, 0.6) is 0 Å². The van der Waals surface area contributed by atoms with Crippen molar-refractivity contribution in [3.63, 3.8) is 0 Å². The first-order valence-corrected chi connectivity index (χ1v) is 7.76. The maximum absolute atomic E-state index is 12.8. The van der Waals surface area contributed by atoms with Gasteiger partial charge in [-0.3, -0.25) is 9.59 Å². The number of amides is 1. The molecule has 4 heteroatoms. The van der Waals surface area contributed by atoms with Crippen molar-refractivity contribution in [1.82, 2.24) is 4.90 Å². The van der Waals surface area contributed by atoms with E-state index in [2.05, 4.69) is 12.1 Å². The minimum Gasteiger partial charge on any atom is -0.481 e. The van der Waals surface area contributed by atoms with Crippen molar-refractivity contribution in [2.24, 2.45) is 5.92 Å². The Kier molecular flexibility index (Phi) is 3.95. The van der Waals surface area contributed by atoms with Gasteiger partial charge in [0.1, 0.15) is 0 Å². The lowest BCUT2D eigenvalue weighted by atomic mass is 9.81. The minimum atomic E-state index is -0.781. The zero-order valence-corrected chi connectivity index (χ0v) is 12.1. The smallest absolute Gasteiger partial charge is 0.308 e. The average molecular weight is 287 g/mol. The number of rotatable bonds is 2. The van der Waals surface area contributed by atoms with E-state index in [0.717, 1.165) is 31.2 Å². The fraction of sp³-hybridized carbons (Fsp3) is 0.529. The summed E-state index contributed by atoms with van der Waals surface area (Å²) in [5.41, 5.74) is 2.42. The van der Waals surface area contributed by atoms with E-state index in [9.17, 15) is 9.59 Å². The Hall–Kier alpha value is -1.84. The van der Waals surface area contributed by atoms with Gasteiger partial charge in [-0.15, -0.1) is 0 Å². The fourth-order valence-electron chi connectivity index (χ4n) is 3.61. The number of hydrogen-bond donors (Lipinski definition) is 1. The molecule has 21 heavy (non-hydrogen) atoms. The zero-order valence-electron chi connectivity index (χ0n) is 12.1. The first-order valence-electron chi connectivity index (χ1n) is 7.76. The van der Waals surface area contributed by atoms with Crippen LogP contribution in [-0.2, 0) is 16.0 Å². The van der Waals surface area contributed by atoms with Gasteiger partial charge < -0.3 is 10.0 Å². The molecule has 2 atom stereocenters. The van der Waals surface area contributed by atoms with Crippen LogP contribution in [0, 0.1) is 5.92 Å². The predicted octanol–water partition coefficient (Wildman–Crippen LogP) is 2.43. The third-order valence-electron chi connectivity index (χ3n) is 4.75. The van der Waals surface area contributed by atoms with Crippen LogP contribution in [0.3, 0.4) is 0 Å². The number of carboxylic acid groups (broad SMARTS) is 1. The number of nitrogens with zero attached hydrogens (tertiary/aromatic N) is 1. The lowest BCUT2D eigenvalue weighted by Gasteiger charge is -2.35. The van der Waals surface area contributed by atoms with E-state index in [4.69, 9.17) is 5.11 Å². The second-order valence-corrected chi connectivity index (χ2v) is 6.11. The molecular weight excluding hydrogens is 266 g/mol. The molecule has 0 aromatic heterocycles. The molecule has 4 nitrogen and oxygen atoms in total. The summed E-state index contributed by atoms with van der Waals surface area (Å²) in [6.07, 6.45) is 4.42. The Morgan fingerprint density at radius 3 is 2.76 bits per heavy atom. The monoisotopic (exact) mass is 287 g/mol. The molecule has 3 rings (SSSR count). The van der Waals surface area contributed by atoms with E-state index in [1.54, 1.807) is 4.90 Å². The summed E-state index contributed by atoms with van der Waals surface area (Å²) in [5.74, 6) is -1.14. The Morgan fingerprint density at radius 2 is 1.95 bits per heavy atom. The van der Waals surface area contributed by atoms with E-state index in [1.807, 2.05) is 12.1 Å². The van der Waals surface area contributed by atoms with E-state index < -0.39 is 11.9 Å². The quantitative estimate of drug-likeness (QED) is 0.909. The number of carboxylic acids is 1. The van der Waals surface area contributed by atoms with Gasteiger partial charge in [0.2, 0.25) is 5.91 Å². The summed E-state index contributed by atoms with van der Waals surface area (Å²) in [4.78, 5) is 25.7. The average Bonchev–Trinajstić information content (AvgIpc) is 2.53. The number of benzene rings is 1. The largest absolute Gasteiger partial charge is 0.481 e. The highest BCUT2D eigenvalue weighted by molar-refractivity contribution is 5.85. The van der Waals surface area contributed by atoms with Gasteiger partial charge in [0, 0.05) is 13.1 Å². The summed E-state index contributed by atoms with van der Waals surface area (Å²) < 4.78 is 0. The van der Waals surface area contributed by atoms with Crippen LogP contribution in [-0.4, -0.2) is 35.0 Å². The third kappa shape index (κ3) is 2.80. The number of carbonyl (C=O) groups is 2. The van der Waals surface area contributed by atoms with Gasteiger partial charge >= 0.3 is 5.97 Å². The molecule has 0 radical (unpaired) electrons. The Balaban J connectivity index is 1.78. The molecular formula is C17H21NO3. The predicted molar refractivity (Wildman–Crippen MR) is 79.1 cm³/mol. The van der Waals surface area contributed by atoms with Gasteiger partial charge in [-0.25, -0.2) is 0 Å². The molecule has 1 heterocycles. The summed E-state index contributed by atoms with van der Waals surface area (Å²) >= 11 is 0. The maximum Gasteiger partial charge on any atom is 0.308 e. The van der Waals surface area contributed by atoms with Gasteiger partial charge in [0.05, 0.1) is 11.8 Å². The summed E-state index contributed by atoms with van der Waals surface area (Å²) in [6.45, 7) is 1.06.